The number of thiophene rings is 1. The highest BCUT2D eigenvalue weighted by atomic mass is 79.9. The zero-order valence-electron chi connectivity index (χ0n) is 10.3. The molecule has 19 heavy (non-hydrogen) atoms. The van der Waals surface area contributed by atoms with Crippen LogP contribution >= 0.6 is 27.3 Å². The van der Waals surface area contributed by atoms with Crippen molar-refractivity contribution in [3.63, 3.8) is 0 Å². The lowest BCUT2D eigenvalue weighted by molar-refractivity contribution is 0.00859. The molecule has 102 valence electrons. The minimum Gasteiger partial charge on any atom is -0.368 e. The van der Waals surface area contributed by atoms with Gasteiger partial charge in [-0.3, -0.25) is 0 Å². The van der Waals surface area contributed by atoms with Crippen LogP contribution in [0.2, 0.25) is 0 Å². The normalized spacial score (nSPS) is 16.9. The Labute approximate surface area is 123 Å². The summed E-state index contributed by atoms with van der Waals surface area (Å²) in [5.74, 6) is 1.16. The van der Waals surface area contributed by atoms with E-state index >= 15 is 0 Å². The Kier molecular flexibility index (Phi) is 4.27. The first-order valence-electron chi connectivity index (χ1n) is 6.22. The molecule has 0 aromatic carbocycles. The van der Waals surface area contributed by atoms with Gasteiger partial charge in [0.25, 0.3) is 5.89 Å². The van der Waals surface area contributed by atoms with Crippen molar-refractivity contribution in [1.82, 2.24) is 15.5 Å². The number of hydrogen-bond acceptors (Lipinski definition) is 6. The first kappa shape index (κ1) is 13.2. The van der Waals surface area contributed by atoms with Crippen molar-refractivity contribution in [3.8, 4) is 10.7 Å². The van der Waals surface area contributed by atoms with Crippen molar-refractivity contribution in [2.75, 3.05) is 13.1 Å². The second-order valence-corrected chi connectivity index (χ2v) is 6.84. The van der Waals surface area contributed by atoms with E-state index in [4.69, 9.17) is 9.26 Å². The highest BCUT2D eigenvalue weighted by Crippen LogP contribution is 2.29. The van der Waals surface area contributed by atoms with Gasteiger partial charge in [-0.05, 0) is 54.0 Å². The Morgan fingerprint density at radius 2 is 2.26 bits per heavy atom. The van der Waals surface area contributed by atoms with Crippen LogP contribution in [0.4, 0.5) is 0 Å². The maximum atomic E-state index is 5.78. The van der Waals surface area contributed by atoms with Crippen LogP contribution in [0.5, 0.6) is 0 Å². The summed E-state index contributed by atoms with van der Waals surface area (Å²) in [6, 6.07) is 3.94. The minimum absolute atomic E-state index is 0.299. The Balaban J connectivity index is 1.58. The van der Waals surface area contributed by atoms with Crippen molar-refractivity contribution < 1.29 is 9.26 Å². The topological polar surface area (TPSA) is 60.2 Å². The quantitative estimate of drug-likeness (QED) is 0.924. The molecule has 0 saturated carbocycles. The molecular weight excluding hydrogens is 330 g/mol. The standard InChI is InChI=1S/C12H14BrN3O2S/c13-10-2-1-9(19-10)12-15-11(18-16-12)7-17-8-3-5-14-6-4-8/h1-2,8,14H,3-7H2. The third-order valence-corrected chi connectivity index (χ3v) is 4.61. The van der Waals surface area contributed by atoms with Crippen molar-refractivity contribution in [2.45, 2.75) is 25.6 Å². The van der Waals surface area contributed by atoms with E-state index in [1.807, 2.05) is 12.1 Å². The second-order valence-electron chi connectivity index (χ2n) is 4.38. The summed E-state index contributed by atoms with van der Waals surface area (Å²) in [6.07, 6.45) is 2.38. The Morgan fingerprint density at radius 1 is 1.42 bits per heavy atom. The first-order valence-corrected chi connectivity index (χ1v) is 7.83. The number of nitrogens with one attached hydrogen (secondary N) is 1. The van der Waals surface area contributed by atoms with Crippen LogP contribution < -0.4 is 5.32 Å². The van der Waals surface area contributed by atoms with Gasteiger partial charge < -0.3 is 14.6 Å². The number of nitrogens with zero attached hydrogens (tertiary/aromatic N) is 2. The summed E-state index contributed by atoms with van der Waals surface area (Å²) in [4.78, 5) is 5.34. The molecule has 7 heteroatoms. The number of hydrogen-bond donors (Lipinski definition) is 1. The fraction of sp³-hybridized carbons (Fsp3) is 0.500. The second kappa shape index (κ2) is 6.13. The zero-order chi connectivity index (χ0) is 13.1. The van der Waals surface area contributed by atoms with E-state index in [-0.39, 0.29) is 0 Å². The van der Waals surface area contributed by atoms with Crippen molar-refractivity contribution in [1.29, 1.82) is 0 Å². The fourth-order valence-corrected chi connectivity index (χ4v) is 3.31. The summed E-state index contributed by atoms with van der Waals surface area (Å²) in [6.45, 7) is 2.43. The molecule has 0 spiro atoms. The number of ether oxygens (including phenoxy) is 1. The molecular formula is C12H14BrN3O2S. The SMILES string of the molecule is Brc1ccc(-c2noc(COC3CCNCC3)n2)s1. The molecule has 0 radical (unpaired) electrons. The lowest BCUT2D eigenvalue weighted by Crippen LogP contribution is -2.32. The number of halogens is 1. The molecule has 2 aromatic heterocycles. The van der Waals surface area contributed by atoms with Crippen LogP contribution in [0, 0.1) is 0 Å². The summed E-state index contributed by atoms with van der Waals surface area (Å²) >= 11 is 5.00. The third kappa shape index (κ3) is 3.42. The Hall–Kier alpha value is -0.760. The van der Waals surface area contributed by atoms with Gasteiger partial charge in [0.2, 0.25) is 5.82 Å². The molecule has 5 nitrogen and oxygen atoms in total. The largest absolute Gasteiger partial charge is 0.368 e. The number of rotatable bonds is 4. The highest BCUT2D eigenvalue weighted by molar-refractivity contribution is 9.11. The van der Waals surface area contributed by atoms with Gasteiger partial charge in [0.1, 0.15) is 6.61 Å². The molecule has 1 aliphatic heterocycles. The first-order chi connectivity index (χ1) is 9.31. The molecule has 3 rings (SSSR count). The molecule has 0 unspecified atom stereocenters. The summed E-state index contributed by atoms with van der Waals surface area (Å²) in [5.41, 5.74) is 0. The lowest BCUT2D eigenvalue weighted by Gasteiger charge is -2.21. The van der Waals surface area contributed by atoms with Crippen LogP contribution in [0.25, 0.3) is 10.7 Å². The van der Waals surface area contributed by atoms with E-state index in [2.05, 4.69) is 31.4 Å². The van der Waals surface area contributed by atoms with Gasteiger partial charge in [0, 0.05) is 0 Å². The molecule has 0 amide bonds. The van der Waals surface area contributed by atoms with E-state index in [9.17, 15) is 0 Å². The molecule has 0 atom stereocenters. The van der Waals surface area contributed by atoms with Crippen LogP contribution in [0.15, 0.2) is 20.4 Å². The minimum atomic E-state index is 0.299. The van der Waals surface area contributed by atoms with Crippen LogP contribution in [0.1, 0.15) is 18.7 Å². The zero-order valence-corrected chi connectivity index (χ0v) is 12.7. The lowest BCUT2D eigenvalue weighted by atomic mass is 10.1. The fourth-order valence-electron chi connectivity index (χ4n) is 2.00. The predicted molar refractivity (Wildman–Crippen MR) is 76.0 cm³/mol. The maximum Gasteiger partial charge on any atom is 0.252 e. The van der Waals surface area contributed by atoms with Crippen LogP contribution in [0.3, 0.4) is 0 Å². The van der Waals surface area contributed by atoms with Crippen LogP contribution in [-0.4, -0.2) is 29.3 Å². The van der Waals surface area contributed by atoms with Gasteiger partial charge in [-0.2, -0.15) is 4.98 Å². The van der Waals surface area contributed by atoms with Gasteiger partial charge in [-0.1, -0.05) is 5.16 Å². The Bertz CT molecular complexity index is 537. The van der Waals surface area contributed by atoms with Gasteiger partial charge in [0.15, 0.2) is 0 Å². The molecule has 0 bridgehead atoms. The molecule has 1 aliphatic rings. The molecule has 1 fully saturated rings. The van der Waals surface area contributed by atoms with Crippen molar-refractivity contribution in [2.24, 2.45) is 0 Å². The van der Waals surface area contributed by atoms with Gasteiger partial charge >= 0.3 is 0 Å². The van der Waals surface area contributed by atoms with Gasteiger partial charge in [-0.15, -0.1) is 11.3 Å². The third-order valence-electron chi connectivity index (χ3n) is 2.99. The van der Waals surface area contributed by atoms with E-state index in [1.54, 1.807) is 11.3 Å². The number of aromatic nitrogens is 2. The molecule has 2 aromatic rings. The summed E-state index contributed by atoms with van der Waals surface area (Å²) in [7, 11) is 0. The van der Waals surface area contributed by atoms with E-state index in [0.29, 0.717) is 24.4 Å². The maximum absolute atomic E-state index is 5.78. The molecule has 1 saturated heterocycles. The molecule has 1 N–H and O–H groups in total. The van der Waals surface area contributed by atoms with Crippen molar-refractivity contribution in [3.05, 3.63) is 21.8 Å². The Morgan fingerprint density at radius 3 is 3.00 bits per heavy atom. The number of piperidine rings is 1. The summed E-state index contributed by atoms with van der Waals surface area (Å²) in [5, 5.41) is 7.28. The van der Waals surface area contributed by atoms with E-state index < -0.39 is 0 Å². The smallest absolute Gasteiger partial charge is 0.252 e. The highest BCUT2D eigenvalue weighted by Gasteiger charge is 2.16. The molecule has 0 aliphatic carbocycles. The average molecular weight is 344 g/mol. The van der Waals surface area contributed by atoms with Crippen molar-refractivity contribution >= 4 is 27.3 Å². The molecule has 3 heterocycles. The average Bonchev–Trinajstić information content (AvgIpc) is 3.06. The van der Waals surface area contributed by atoms with Gasteiger partial charge in [-0.25, -0.2) is 0 Å². The monoisotopic (exact) mass is 343 g/mol. The van der Waals surface area contributed by atoms with E-state index in [1.165, 1.54) is 0 Å². The van der Waals surface area contributed by atoms with Gasteiger partial charge in [0.05, 0.1) is 14.8 Å². The summed E-state index contributed by atoms with van der Waals surface area (Å²) < 4.78 is 12.0. The van der Waals surface area contributed by atoms with E-state index in [0.717, 1.165) is 34.6 Å². The van der Waals surface area contributed by atoms with Crippen LogP contribution in [-0.2, 0) is 11.3 Å². The predicted octanol–water partition coefficient (Wildman–Crippen LogP) is 2.83.